The third kappa shape index (κ3) is 3.79. The number of nitrogens with one attached hydrogen (secondary N) is 1. The summed E-state index contributed by atoms with van der Waals surface area (Å²) in [4.78, 5) is 18.8. The Labute approximate surface area is 121 Å². The zero-order valence-electron chi connectivity index (χ0n) is 12.7. The monoisotopic (exact) mass is 275 g/mol. The Morgan fingerprint density at radius 1 is 1.50 bits per heavy atom. The molecule has 1 aromatic heterocycles. The fourth-order valence-electron chi connectivity index (χ4n) is 2.65. The summed E-state index contributed by atoms with van der Waals surface area (Å²) in [6, 6.07) is 3.98. The summed E-state index contributed by atoms with van der Waals surface area (Å²) < 4.78 is 0. The molecule has 0 radical (unpaired) electrons. The van der Waals surface area contributed by atoms with Gasteiger partial charge >= 0.3 is 0 Å². The number of aryl methyl sites for hydroxylation is 1. The molecule has 1 N–H and O–H groups in total. The van der Waals surface area contributed by atoms with Crippen LogP contribution in [0.2, 0.25) is 0 Å². The van der Waals surface area contributed by atoms with E-state index in [2.05, 4.69) is 24.1 Å². The Morgan fingerprint density at radius 2 is 2.30 bits per heavy atom. The van der Waals surface area contributed by atoms with Crippen molar-refractivity contribution in [2.75, 3.05) is 19.6 Å². The van der Waals surface area contributed by atoms with E-state index < -0.39 is 0 Å². The Kier molecular flexibility index (Phi) is 5.12. The molecular weight excluding hydrogens is 250 g/mol. The van der Waals surface area contributed by atoms with Crippen LogP contribution in [0.15, 0.2) is 18.3 Å². The van der Waals surface area contributed by atoms with Crippen LogP contribution in [0.4, 0.5) is 0 Å². The summed E-state index contributed by atoms with van der Waals surface area (Å²) in [5, 5.41) is 3.41. The van der Waals surface area contributed by atoms with Gasteiger partial charge in [0.15, 0.2) is 0 Å². The molecule has 1 unspecified atom stereocenters. The third-order valence-corrected chi connectivity index (χ3v) is 3.90. The average Bonchev–Trinajstić information content (AvgIpc) is 2.45. The average molecular weight is 275 g/mol. The largest absolute Gasteiger partial charge is 0.336 e. The molecule has 110 valence electrons. The number of pyridine rings is 1. The Morgan fingerprint density at radius 3 is 2.85 bits per heavy atom. The normalized spacial score (nSPS) is 19.1. The van der Waals surface area contributed by atoms with Gasteiger partial charge in [0.1, 0.15) is 0 Å². The number of carbonyl (C=O) groups excluding carboxylic acids is 1. The quantitative estimate of drug-likeness (QED) is 0.916. The number of amides is 1. The van der Waals surface area contributed by atoms with Crippen molar-refractivity contribution in [3.8, 4) is 0 Å². The van der Waals surface area contributed by atoms with Crippen LogP contribution in [0.3, 0.4) is 0 Å². The van der Waals surface area contributed by atoms with Gasteiger partial charge in [0.05, 0.1) is 5.56 Å². The molecule has 0 spiro atoms. The van der Waals surface area contributed by atoms with E-state index in [0.29, 0.717) is 11.5 Å². The molecule has 4 nitrogen and oxygen atoms in total. The van der Waals surface area contributed by atoms with Crippen LogP contribution in [0.5, 0.6) is 0 Å². The Bertz CT molecular complexity index is 436. The minimum absolute atomic E-state index is 0.0954. The summed E-state index contributed by atoms with van der Waals surface area (Å²) in [5.41, 5.74) is 1.63. The molecule has 0 saturated carbocycles. The zero-order valence-corrected chi connectivity index (χ0v) is 12.7. The lowest BCUT2D eigenvalue weighted by Crippen LogP contribution is -2.44. The smallest absolute Gasteiger partial charge is 0.255 e. The molecule has 1 atom stereocenters. The fourth-order valence-corrected chi connectivity index (χ4v) is 2.65. The highest BCUT2D eigenvalue weighted by Crippen LogP contribution is 2.16. The maximum absolute atomic E-state index is 12.6. The zero-order chi connectivity index (χ0) is 14.5. The van der Waals surface area contributed by atoms with E-state index in [0.717, 1.165) is 25.3 Å². The first-order valence-electron chi connectivity index (χ1n) is 7.52. The highest BCUT2D eigenvalue weighted by Gasteiger charge is 2.23. The SMILES string of the molecule is Cc1ccc(C(=O)N(CC2CCCNC2)C(C)C)cn1. The molecule has 1 amide bonds. The van der Waals surface area contributed by atoms with Gasteiger partial charge in [0.25, 0.3) is 5.91 Å². The maximum atomic E-state index is 12.6. The maximum Gasteiger partial charge on any atom is 0.255 e. The summed E-state index contributed by atoms with van der Waals surface area (Å²) in [6.45, 7) is 9.04. The van der Waals surface area contributed by atoms with Crippen molar-refractivity contribution in [3.05, 3.63) is 29.6 Å². The highest BCUT2D eigenvalue weighted by molar-refractivity contribution is 5.94. The lowest BCUT2D eigenvalue weighted by Gasteiger charge is -2.33. The summed E-state index contributed by atoms with van der Waals surface area (Å²) in [6.07, 6.45) is 4.10. The van der Waals surface area contributed by atoms with Crippen molar-refractivity contribution in [3.63, 3.8) is 0 Å². The Balaban J connectivity index is 2.07. The first-order valence-corrected chi connectivity index (χ1v) is 7.52. The summed E-state index contributed by atoms with van der Waals surface area (Å²) in [5.74, 6) is 0.659. The van der Waals surface area contributed by atoms with Gasteiger partial charge in [-0.25, -0.2) is 0 Å². The number of hydrogen-bond acceptors (Lipinski definition) is 3. The lowest BCUT2D eigenvalue weighted by molar-refractivity contribution is 0.0660. The van der Waals surface area contributed by atoms with Crippen LogP contribution in [0.25, 0.3) is 0 Å². The van der Waals surface area contributed by atoms with E-state index in [4.69, 9.17) is 0 Å². The second-order valence-electron chi connectivity index (χ2n) is 5.95. The molecule has 20 heavy (non-hydrogen) atoms. The molecule has 0 bridgehead atoms. The van der Waals surface area contributed by atoms with Crippen molar-refractivity contribution < 1.29 is 4.79 Å². The van der Waals surface area contributed by atoms with Crippen molar-refractivity contribution in [2.24, 2.45) is 5.92 Å². The minimum Gasteiger partial charge on any atom is -0.336 e. The minimum atomic E-state index is 0.0954. The molecule has 1 saturated heterocycles. The summed E-state index contributed by atoms with van der Waals surface area (Å²) >= 11 is 0. The van der Waals surface area contributed by atoms with Gasteiger partial charge in [-0.05, 0) is 64.8 Å². The topological polar surface area (TPSA) is 45.2 Å². The van der Waals surface area contributed by atoms with E-state index in [-0.39, 0.29) is 11.9 Å². The summed E-state index contributed by atoms with van der Waals surface area (Å²) in [7, 11) is 0. The van der Waals surface area contributed by atoms with Crippen LogP contribution in [0, 0.1) is 12.8 Å². The first-order chi connectivity index (χ1) is 9.58. The molecular formula is C16H25N3O. The fraction of sp³-hybridized carbons (Fsp3) is 0.625. The lowest BCUT2D eigenvalue weighted by atomic mass is 9.98. The number of nitrogens with zero attached hydrogens (tertiary/aromatic N) is 2. The number of rotatable bonds is 4. The number of aromatic nitrogens is 1. The molecule has 1 aliphatic heterocycles. The van der Waals surface area contributed by atoms with E-state index in [1.807, 2.05) is 24.0 Å². The first kappa shape index (κ1) is 15.0. The predicted molar refractivity (Wildman–Crippen MR) is 80.7 cm³/mol. The Hall–Kier alpha value is -1.42. The van der Waals surface area contributed by atoms with Gasteiger partial charge in [-0.15, -0.1) is 0 Å². The van der Waals surface area contributed by atoms with Crippen LogP contribution in [-0.4, -0.2) is 41.5 Å². The molecule has 2 rings (SSSR count). The second kappa shape index (κ2) is 6.84. The predicted octanol–water partition coefficient (Wildman–Crippen LogP) is 2.24. The van der Waals surface area contributed by atoms with Gasteiger partial charge < -0.3 is 10.2 Å². The number of hydrogen-bond donors (Lipinski definition) is 1. The standard InChI is InChI=1S/C16H25N3O/c1-12(2)19(11-14-5-4-8-17-9-14)16(20)15-7-6-13(3)18-10-15/h6-7,10,12,14,17H,4-5,8-9,11H2,1-3H3. The number of piperidine rings is 1. The van der Waals surface area contributed by atoms with Crippen LogP contribution >= 0.6 is 0 Å². The molecule has 0 aliphatic carbocycles. The third-order valence-electron chi connectivity index (χ3n) is 3.90. The highest BCUT2D eigenvalue weighted by atomic mass is 16.2. The van der Waals surface area contributed by atoms with Gasteiger partial charge in [-0.3, -0.25) is 9.78 Å². The molecule has 1 aliphatic rings. The van der Waals surface area contributed by atoms with E-state index in [1.54, 1.807) is 6.20 Å². The molecule has 1 aromatic rings. The second-order valence-corrected chi connectivity index (χ2v) is 5.95. The van der Waals surface area contributed by atoms with E-state index in [1.165, 1.54) is 12.8 Å². The van der Waals surface area contributed by atoms with Crippen LogP contribution in [0.1, 0.15) is 42.7 Å². The van der Waals surface area contributed by atoms with Crippen LogP contribution in [-0.2, 0) is 0 Å². The van der Waals surface area contributed by atoms with Gasteiger partial charge in [0, 0.05) is 24.5 Å². The van der Waals surface area contributed by atoms with Gasteiger partial charge in [0.2, 0.25) is 0 Å². The molecule has 4 heteroatoms. The van der Waals surface area contributed by atoms with Crippen molar-refractivity contribution in [1.82, 2.24) is 15.2 Å². The van der Waals surface area contributed by atoms with E-state index >= 15 is 0 Å². The molecule has 2 heterocycles. The molecule has 0 aromatic carbocycles. The van der Waals surface area contributed by atoms with Gasteiger partial charge in [-0.2, -0.15) is 0 Å². The van der Waals surface area contributed by atoms with Gasteiger partial charge in [-0.1, -0.05) is 0 Å². The van der Waals surface area contributed by atoms with Crippen molar-refractivity contribution in [2.45, 2.75) is 39.7 Å². The van der Waals surface area contributed by atoms with Crippen molar-refractivity contribution >= 4 is 5.91 Å². The van der Waals surface area contributed by atoms with Crippen molar-refractivity contribution in [1.29, 1.82) is 0 Å². The van der Waals surface area contributed by atoms with Crippen LogP contribution < -0.4 is 5.32 Å². The number of carbonyl (C=O) groups is 1. The van der Waals surface area contributed by atoms with E-state index in [9.17, 15) is 4.79 Å². The molecule has 1 fully saturated rings.